The van der Waals surface area contributed by atoms with Gasteiger partial charge in [0.1, 0.15) is 17.1 Å². The molecular formula is C16H24O4. The van der Waals surface area contributed by atoms with E-state index >= 15 is 0 Å². The zero-order chi connectivity index (χ0) is 15.0. The highest BCUT2D eigenvalue weighted by Crippen LogP contribution is 2.28. The topological polar surface area (TPSA) is 44.8 Å². The van der Waals surface area contributed by atoms with E-state index in [9.17, 15) is 4.79 Å². The van der Waals surface area contributed by atoms with Gasteiger partial charge in [-0.3, -0.25) is 0 Å². The summed E-state index contributed by atoms with van der Waals surface area (Å²) in [6.07, 6.45) is 3.09. The van der Waals surface area contributed by atoms with Crippen LogP contribution >= 0.6 is 0 Å². The van der Waals surface area contributed by atoms with Gasteiger partial charge in [0, 0.05) is 0 Å². The molecule has 0 aliphatic carbocycles. The second-order valence-corrected chi connectivity index (χ2v) is 5.06. The lowest BCUT2D eigenvalue weighted by atomic mass is 10.1. The molecule has 0 saturated carbocycles. The molecule has 0 heterocycles. The Balaban J connectivity index is 2.58. The summed E-state index contributed by atoms with van der Waals surface area (Å²) in [4.78, 5) is 12.1. The highest BCUT2D eigenvalue weighted by molar-refractivity contribution is 5.95. The Bertz CT molecular complexity index is 404. The second-order valence-electron chi connectivity index (χ2n) is 5.06. The standard InChI is InChI=1S/C16H24O4/c1-12(2)8-5-6-11-20-16(17)15-13(18-3)9-7-10-14(15)19-4/h7,9-10,12H,5-6,8,11H2,1-4H3. The molecule has 1 aromatic carbocycles. The summed E-state index contributed by atoms with van der Waals surface area (Å²) in [6.45, 7) is 4.80. The lowest BCUT2D eigenvalue weighted by Crippen LogP contribution is -2.10. The van der Waals surface area contributed by atoms with Crippen LogP contribution in [0.2, 0.25) is 0 Å². The number of methoxy groups -OCH3 is 2. The minimum absolute atomic E-state index is 0.348. The van der Waals surface area contributed by atoms with Gasteiger partial charge in [0.05, 0.1) is 20.8 Å². The quantitative estimate of drug-likeness (QED) is 0.538. The molecule has 0 N–H and O–H groups in total. The Morgan fingerprint density at radius 3 is 2.20 bits per heavy atom. The highest BCUT2D eigenvalue weighted by atomic mass is 16.5. The first-order valence-electron chi connectivity index (χ1n) is 6.98. The number of unbranched alkanes of at least 4 members (excludes halogenated alkanes) is 1. The van der Waals surface area contributed by atoms with Crippen LogP contribution in [0.5, 0.6) is 11.5 Å². The maximum absolute atomic E-state index is 12.1. The third kappa shape index (κ3) is 4.76. The summed E-state index contributed by atoms with van der Waals surface area (Å²) >= 11 is 0. The Kier molecular flexibility index (Phi) is 6.91. The number of ether oxygens (including phenoxy) is 3. The van der Waals surface area contributed by atoms with Crippen molar-refractivity contribution in [1.29, 1.82) is 0 Å². The molecule has 0 atom stereocenters. The summed E-state index contributed by atoms with van der Waals surface area (Å²) in [5.74, 6) is 1.22. The third-order valence-electron chi connectivity index (χ3n) is 3.04. The molecule has 4 heteroatoms. The second kappa shape index (κ2) is 8.46. The monoisotopic (exact) mass is 280 g/mol. The number of carbonyl (C=O) groups is 1. The van der Waals surface area contributed by atoms with Gasteiger partial charge in [0.15, 0.2) is 0 Å². The normalized spacial score (nSPS) is 10.4. The molecule has 0 aliphatic rings. The summed E-state index contributed by atoms with van der Waals surface area (Å²) in [7, 11) is 3.04. The predicted molar refractivity (Wildman–Crippen MR) is 78.5 cm³/mol. The van der Waals surface area contributed by atoms with Crippen LogP contribution in [-0.4, -0.2) is 26.8 Å². The van der Waals surface area contributed by atoms with E-state index in [0.717, 1.165) is 19.3 Å². The Morgan fingerprint density at radius 2 is 1.70 bits per heavy atom. The fourth-order valence-corrected chi connectivity index (χ4v) is 1.94. The van der Waals surface area contributed by atoms with Gasteiger partial charge in [0.25, 0.3) is 0 Å². The summed E-state index contributed by atoms with van der Waals surface area (Å²) in [5.41, 5.74) is 0.348. The molecule has 0 saturated heterocycles. The van der Waals surface area contributed by atoms with Crippen molar-refractivity contribution >= 4 is 5.97 Å². The van der Waals surface area contributed by atoms with E-state index in [-0.39, 0.29) is 0 Å². The smallest absolute Gasteiger partial charge is 0.345 e. The lowest BCUT2D eigenvalue weighted by molar-refractivity contribution is 0.0489. The van der Waals surface area contributed by atoms with Crippen molar-refractivity contribution in [3.05, 3.63) is 23.8 Å². The highest BCUT2D eigenvalue weighted by Gasteiger charge is 2.19. The summed E-state index contributed by atoms with van der Waals surface area (Å²) in [6, 6.07) is 5.22. The predicted octanol–water partition coefficient (Wildman–Crippen LogP) is 3.69. The molecular weight excluding hydrogens is 256 g/mol. The van der Waals surface area contributed by atoms with Gasteiger partial charge in [-0.2, -0.15) is 0 Å². The SMILES string of the molecule is COc1cccc(OC)c1C(=O)OCCCCC(C)C. The van der Waals surface area contributed by atoms with Crippen LogP contribution in [0.1, 0.15) is 43.5 Å². The zero-order valence-corrected chi connectivity index (χ0v) is 12.8. The molecule has 0 aromatic heterocycles. The molecule has 0 amide bonds. The number of benzene rings is 1. The van der Waals surface area contributed by atoms with E-state index in [4.69, 9.17) is 14.2 Å². The van der Waals surface area contributed by atoms with Crippen LogP contribution in [0.25, 0.3) is 0 Å². The molecule has 0 radical (unpaired) electrons. The van der Waals surface area contributed by atoms with Gasteiger partial charge in [-0.05, 0) is 30.9 Å². The van der Waals surface area contributed by atoms with Crippen molar-refractivity contribution in [2.45, 2.75) is 33.1 Å². The van der Waals surface area contributed by atoms with Crippen LogP contribution in [0.15, 0.2) is 18.2 Å². The van der Waals surface area contributed by atoms with Crippen molar-refractivity contribution in [2.24, 2.45) is 5.92 Å². The average Bonchev–Trinajstić information content (AvgIpc) is 2.45. The summed E-state index contributed by atoms with van der Waals surface area (Å²) < 4.78 is 15.7. The van der Waals surface area contributed by atoms with E-state index in [0.29, 0.717) is 29.6 Å². The number of hydrogen-bond donors (Lipinski definition) is 0. The van der Waals surface area contributed by atoms with E-state index in [1.54, 1.807) is 18.2 Å². The third-order valence-corrected chi connectivity index (χ3v) is 3.04. The van der Waals surface area contributed by atoms with E-state index in [2.05, 4.69) is 13.8 Å². The molecule has 0 aliphatic heterocycles. The van der Waals surface area contributed by atoms with E-state index in [1.807, 2.05) is 0 Å². The van der Waals surface area contributed by atoms with E-state index in [1.165, 1.54) is 14.2 Å². The van der Waals surface area contributed by atoms with Crippen LogP contribution in [-0.2, 0) is 4.74 Å². The van der Waals surface area contributed by atoms with Gasteiger partial charge >= 0.3 is 5.97 Å². The summed E-state index contributed by atoms with van der Waals surface area (Å²) in [5, 5.41) is 0. The van der Waals surface area contributed by atoms with Crippen molar-refractivity contribution < 1.29 is 19.0 Å². The Morgan fingerprint density at radius 1 is 1.10 bits per heavy atom. The van der Waals surface area contributed by atoms with Gasteiger partial charge in [-0.15, -0.1) is 0 Å². The van der Waals surface area contributed by atoms with Crippen molar-refractivity contribution in [1.82, 2.24) is 0 Å². The average molecular weight is 280 g/mol. The lowest BCUT2D eigenvalue weighted by Gasteiger charge is -2.12. The first kappa shape index (κ1) is 16.3. The molecule has 0 unspecified atom stereocenters. The Hall–Kier alpha value is -1.71. The first-order chi connectivity index (χ1) is 9.60. The molecule has 1 rings (SSSR count). The Labute approximate surface area is 121 Å². The molecule has 0 bridgehead atoms. The minimum Gasteiger partial charge on any atom is -0.496 e. The number of rotatable bonds is 8. The van der Waals surface area contributed by atoms with Crippen LogP contribution < -0.4 is 9.47 Å². The van der Waals surface area contributed by atoms with E-state index < -0.39 is 5.97 Å². The van der Waals surface area contributed by atoms with Gasteiger partial charge < -0.3 is 14.2 Å². The van der Waals surface area contributed by atoms with Gasteiger partial charge in [0.2, 0.25) is 0 Å². The number of hydrogen-bond acceptors (Lipinski definition) is 4. The number of esters is 1. The van der Waals surface area contributed by atoms with Crippen molar-refractivity contribution in [2.75, 3.05) is 20.8 Å². The molecule has 0 fully saturated rings. The fraction of sp³-hybridized carbons (Fsp3) is 0.562. The van der Waals surface area contributed by atoms with Gasteiger partial charge in [-0.25, -0.2) is 4.79 Å². The molecule has 20 heavy (non-hydrogen) atoms. The van der Waals surface area contributed by atoms with Gasteiger partial charge in [-0.1, -0.05) is 26.3 Å². The maximum Gasteiger partial charge on any atom is 0.345 e. The van der Waals surface area contributed by atoms with Crippen LogP contribution in [0.3, 0.4) is 0 Å². The maximum atomic E-state index is 12.1. The zero-order valence-electron chi connectivity index (χ0n) is 12.8. The molecule has 1 aromatic rings. The number of carbonyl (C=O) groups excluding carboxylic acids is 1. The van der Waals surface area contributed by atoms with Crippen molar-refractivity contribution in [3.8, 4) is 11.5 Å². The minimum atomic E-state index is -0.399. The van der Waals surface area contributed by atoms with Crippen LogP contribution in [0.4, 0.5) is 0 Å². The first-order valence-corrected chi connectivity index (χ1v) is 6.98. The molecule has 112 valence electrons. The fourth-order valence-electron chi connectivity index (χ4n) is 1.94. The largest absolute Gasteiger partial charge is 0.496 e. The van der Waals surface area contributed by atoms with Crippen LogP contribution in [0, 0.1) is 5.92 Å². The molecule has 0 spiro atoms. The molecule has 4 nitrogen and oxygen atoms in total. The van der Waals surface area contributed by atoms with Crippen molar-refractivity contribution in [3.63, 3.8) is 0 Å².